The van der Waals surface area contributed by atoms with Crippen LogP contribution in [0.5, 0.6) is 0 Å². The lowest BCUT2D eigenvalue weighted by Gasteiger charge is -2.35. The van der Waals surface area contributed by atoms with Crippen LogP contribution < -0.4 is 5.32 Å². The van der Waals surface area contributed by atoms with E-state index in [1.54, 1.807) is 11.9 Å². The molecule has 190 valence electrons. The Balaban J connectivity index is 1.22. The van der Waals surface area contributed by atoms with Gasteiger partial charge in [0.25, 0.3) is 5.91 Å². The average Bonchev–Trinajstić information content (AvgIpc) is 3.48. The molecule has 2 aliphatic heterocycles. The van der Waals surface area contributed by atoms with Gasteiger partial charge < -0.3 is 10.2 Å². The minimum Gasteiger partial charge on any atom is -0.350 e. The minimum absolute atomic E-state index is 0.223. The lowest BCUT2D eigenvalue weighted by Crippen LogP contribution is -2.49. The number of nitrogens with zero attached hydrogens (tertiary/aromatic N) is 3. The molecule has 2 heterocycles. The van der Waals surface area contributed by atoms with Crippen LogP contribution in [0.2, 0.25) is 0 Å². The average molecular weight is 489 g/mol. The second kappa shape index (κ2) is 10.4. The Morgan fingerprint density at radius 1 is 0.917 bits per heavy atom. The number of hydrogen-bond donors (Lipinski definition) is 1. The molecule has 7 nitrogen and oxygen atoms in total. The van der Waals surface area contributed by atoms with Gasteiger partial charge in [-0.3, -0.25) is 19.4 Å². The monoisotopic (exact) mass is 488 g/mol. The Labute approximate surface area is 213 Å². The quantitative estimate of drug-likeness (QED) is 0.594. The molecular formula is C29H36N4O3. The maximum Gasteiger partial charge on any atom is 0.327 e. The molecule has 0 radical (unpaired) electrons. The van der Waals surface area contributed by atoms with E-state index in [9.17, 15) is 14.4 Å². The molecule has 0 bridgehead atoms. The summed E-state index contributed by atoms with van der Waals surface area (Å²) < 4.78 is 0. The number of likely N-dealkylation sites (tertiary alicyclic amines) is 1. The normalized spacial score (nSPS) is 19.9. The Kier molecular flexibility index (Phi) is 7.10. The molecular weight excluding hydrogens is 452 g/mol. The Hall–Kier alpha value is -3.19. The number of likely N-dealkylation sites (N-methyl/N-ethyl adjacent to an activating group) is 1. The first-order valence-corrected chi connectivity index (χ1v) is 13.2. The highest BCUT2D eigenvalue weighted by molar-refractivity contribution is 6.08. The SMILES string of the molecule is CN1C(=O)N(CC(=O)NCc2ccccc2-c2ccc(CN3CCCC3)cc2)C(=O)C12CCCCC2. The summed E-state index contributed by atoms with van der Waals surface area (Å²) in [6.07, 6.45) is 6.87. The van der Waals surface area contributed by atoms with E-state index in [1.165, 1.54) is 31.5 Å². The molecule has 7 heteroatoms. The van der Waals surface area contributed by atoms with Gasteiger partial charge in [0.15, 0.2) is 0 Å². The summed E-state index contributed by atoms with van der Waals surface area (Å²) in [4.78, 5) is 44.0. The number of carbonyl (C=O) groups excluding carboxylic acids is 3. The predicted molar refractivity (Wildman–Crippen MR) is 139 cm³/mol. The van der Waals surface area contributed by atoms with Crippen LogP contribution in [0.15, 0.2) is 48.5 Å². The van der Waals surface area contributed by atoms with E-state index in [-0.39, 0.29) is 24.4 Å². The van der Waals surface area contributed by atoms with Crippen LogP contribution in [0.4, 0.5) is 4.79 Å². The summed E-state index contributed by atoms with van der Waals surface area (Å²) in [6.45, 7) is 3.44. The molecule has 1 saturated carbocycles. The first-order chi connectivity index (χ1) is 17.5. The molecule has 0 unspecified atom stereocenters. The van der Waals surface area contributed by atoms with Crippen molar-refractivity contribution >= 4 is 17.8 Å². The van der Waals surface area contributed by atoms with Gasteiger partial charge in [-0.2, -0.15) is 0 Å². The standard InChI is InChI=1S/C29H36N4O3/c1-31-28(36)33(27(35)29(31)15-5-2-6-16-29)21-26(34)30-19-24-9-3-4-10-25(24)23-13-11-22(12-14-23)20-32-17-7-8-18-32/h3-4,9-14H,2,5-8,15-21H2,1H3,(H,30,34). The molecule has 0 aromatic heterocycles. The molecule has 36 heavy (non-hydrogen) atoms. The van der Waals surface area contributed by atoms with Crippen LogP contribution >= 0.6 is 0 Å². The van der Waals surface area contributed by atoms with Gasteiger partial charge in [-0.05, 0) is 61.0 Å². The third kappa shape index (κ3) is 4.76. The number of amides is 4. The van der Waals surface area contributed by atoms with E-state index in [4.69, 9.17) is 0 Å². The highest BCUT2D eigenvalue weighted by Crippen LogP contribution is 2.39. The number of imide groups is 1. The summed E-state index contributed by atoms with van der Waals surface area (Å²) >= 11 is 0. The molecule has 2 aromatic carbocycles. The predicted octanol–water partition coefficient (Wildman–Crippen LogP) is 4.16. The third-order valence-corrected chi connectivity index (χ3v) is 8.15. The first kappa shape index (κ1) is 24.5. The van der Waals surface area contributed by atoms with Gasteiger partial charge in [0.05, 0.1) is 0 Å². The van der Waals surface area contributed by atoms with Crippen molar-refractivity contribution in [3.05, 3.63) is 59.7 Å². The number of benzene rings is 2. The van der Waals surface area contributed by atoms with Gasteiger partial charge >= 0.3 is 6.03 Å². The van der Waals surface area contributed by atoms with Crippen molar-refractivity contribution in [2.75, 3.05) is 26.7 Å². The van der Waals surface area contributed by atoms with Gasteiger partial charge in [-0.25, -0.2) is 4.79 Å². The second-order valence-corrected chi connectivity index (χ2v) is 10.4. The van der Waals surface area contributed by atoms with Gasteiger partial charge in [0.1, 0.15) is 12.1 Å². The maximum absolute atomic E-state index is 13.2. The highest BCUT2D eigenvalue weighted by atomic mass is 16.2. The molecule has 1 spiro atoms. The topological polar surface area (TPSA) is 73.0 Å². The number of urea groups is 1. The van der Waals surface area contributed by atoms with Crippen LogP contribution in [0.1, 0.15) is 56.1 Å². The number of nitrogens with one attached hydrogen (secondary N) is 1. The number of carbonyl (C=O) groups is 3. The summed E-state index contributed by atoms with van der Waals surface area (Å²) in [5.41, 5.74) is 3.73. The molecule has 4 amide bonds. The Morgan fingerprint density at radius 2 is 1.61 bits per heavy atom. The van der Waals surface area contributed by atoms with E-state index in [0.717, 1.165) is 47.4 Å². The van der Waals surface area contributed by atoms with E-state index < -0.39 is 5.54 Å². The van der Waals surface area contributed by atoms with Crippen LogP contribution in [-0.2, 0) is 22.7 Å². The fourth-order valence-electron chi connectivity index (χ4n) is 6.01. The highest BCUT2D eigenvalue weighted by Gasteiger charge is 2.55. The summed E-state index contributed by atoms with van der Waals surface area (Å²) in [7, 11) is 1.69. The number of hydrogen-bond acceptors (Lipinski definition) is 4. The fraction of sp³-hybridized carbons (Fsp3) is 0.483. The molecule has 5 rings (SSSR count). The van der Waals surface area contributed by atoms with Crippen molar-refractivity contribution in [3.8, 4) is 11.1 Å². The molecule has 3 fully saturated rings. The summed E-state index contributed by atoms with van der Waals surface area (Å²) in [5.74, 6) is -0.548. The van der Waals surface area contributed by atoms with Crippen molar-refractivity contribution in [1.29, 1.82) is 0 Å². The van der Waals surface area contributed by atoms with E-state index >= 15 is 0 Å². The zero-order valence-electron chi connectivity index (χ0n) is 21.2. The molecule has 1 N–H and O–H groups in total. The van der Waals surface area contributed by atoms with E-state index in [0.29, 0.717) is 19.4 Å². The van der Waals surface area contributed by atoms with Gasteiger partial charge in [0, 0.05) is 20.1 Å². The van der Waals surface area contributed by atoms with Gasteiger partial charge in [0.2, 0.25) is 5.91 Å². The minimum atomic E-state index is -0.761. The van der Waals surface area contributed by atoms with E-state index in [1.807, 2.05) is 18.2 Å². The lowest BCUT2D eigenvalue weighted by molar-refractivity contribution is -0.137. The molecule has 1 aliphatic carbocycles. The van der Waals surface area contributed by atoms with Crippen molar-refractivity contribution in [2.24, 2.45) is 0 Å². The largest absolute Gasteiger partial charge is 0.350 e. The molecule has 2 saturated heterocycles. The Morgan fingerprint density at radius 3 is 2.33 bits per heavy atom. The van der Waals surface area contributed by atoms with E-state index in [2.05, 4.69) is 40.5 Å². The summed E-state index contributed by atoms with van der Waals surface area (Å²) in [5, 5.41) is 2.93. The smallest absolute Gasteiger partial charge is 0.327 e. The van der Waals surface area contributed by atoms with Crippen molar-refractivity contribution in [2.45, 2.75) is 63.6 Å². The summed E-state index contributed by atoms with van der Waals surface area (Å²) in [6, 6.07) is 16.3. The van der Waals surface area contributed by atoms with Crippen molar-refractivity contribution in [3.63, 3.8) is 0 Å². The molecule has 3 aliphatic rings. The zero-order valence-corrected chi connectivity index (χ0v) is 21.2. The van der Waals surface area contributed by atoms with Crippen molar-refractivity contribution in [1.82, 2.24) is 20.0 Å². The van der Waals surface area contributed by atoms with Crippen molar-refractivity contribution < 1.29 is 14.4 Å². The van der Waals surface area contributed by atoms with Gasteiger partial charge in [-0.1, -0.05) is 67.8 Å². The van der Waals surface area contributed by atoms with Crippen LogP contribution in [0.3, 0.4) is 0 Å². The fourth-order valence-corrected chi connectivity index (χ4v) is 6.01. The second-order valence-electron chi connectivity index (χ2n) is 10.4. The zero-order chi connectivity index (χ0) is 25.1. The lowest BCUT2D eigenvalue weighted by atomic mass is 9.81. The van der Waals surface area contributed by atoms with Crippen LogP contribution in [0, 0.1) is 0 Å². The van der Waals surface area contributed by atoms with Crippen LogP contribution in [0.25, 0.3) is 11.1 Å². The first-order valence-electron chi connectivity index (χ1n) is 13.2. The maximum atomic E-state index is 13.2. The Bertz CT molecular complexity index is 1120. The van der Waals surface area contributed by atoms with Gasteiger partial charge in [-0.15, -0.1) is 0 Å². The van der Waals surface area contributed by atoms with Crippen LogP contribution in [-0.4, -0.2) is 64.8 Å². The number of rotatable bonds is 7. The molecule has 2 aromatic rings. The molecule has 0 atom stereocenters. The third-order valence-electron chi connectivity index (χ3n) is 8.15.